The molecule has 0 radical (unpaired) electrons. The summed E-state index contributed by atoms with van der Waals surface area (Å²) in [7, 11) is 0. The van der Waals surface area contributed by atoms with Crippen LogP contribution in [0.2, 0.25) is 5.02 Å². The summed E-state index contributed by atoms with van der Waals surface area (Å²) in [5.41, 5.74) is 4.51. The van der Waals surface area contributed by atoms with Gasteiger partial charge in [0, 0.05) is 18.0 Å². The Morgan fingerprint density at radius 1 is 1.35 bits per heavy atom. The molecule has 0 aromatic heterocycles. The molecule has 4 amide bonds. The van der Waals surface area contributed by atoms with E-state index in [0.717, 1.165) is 4.90 Å². The van der Waals surface area contributed by atoms with Crippen molar-refractivity contribution in [2.75, 3.05) is 6.54 Å². The molecule has 3 N–H and O–H groups in total. The summed E-state index contributed by atoms with van der Waals surface area (Å²) < 4.78 is 0. The number of imide groups is 1. The van der Waals surface area contributed by atoms with Crippen molar-refractivity contribution in [2.24, 2.45) is 5.73 Å². The van der Waals surface area contributed by atoms with Crippen LogP contribution in [0.5, 0.6) is 0 Å². The predicted octanol–water partition coefficient (Wildman–Crippen LogP) is 0.982. The fourth-order valence-electron chi connectivity index (χ4n) is 2.10. The number of rotatable bonds is 4. The zero-order valence-electron chi connectivity index (χ0n) is 10.9. The molecule has 1 saturated heterocycles. The molecule has 1 aliphatic rings. The van der Waals surface area contributed by atoms with Gasteiger partial charge in [-0.3, -0.25) is 14.5 Å². The van der Waals surface area contributed by atoms with Crippen LogP contribution in [-0.4, -0.2) is 29.3 Å². The number of carbonyl (C=O) groups excluding carboxylic acids is 3. The van der Waals surface area contributed by atoms with Crippen molar-refractivity contribution in [1.29, 1.82) is 0 Å². The van der Waals surface area contributed by atoms with E-state index in [9.17, 15) is 14.4 Å². The first-order valence-corrected chi connectivity index (χ1v) is 6.41. The minimum atomic E-state index is -1.15. The minimum absolute atomic E-state index is 0.0246. The number of hydrogen-bond acceptors (Lipinski definition) is 3. The Morgan fingerprint density at radius 3 is 2.50 bits per heavy atom. The second kappa shape index (κ2) is 5.13. The average molecular weight is 296 g/mol. The first-order chi connectivity index (χ1) is 9.34. The maximum absolute atomic E-state index is 12.4. The number of amides is 4. The Morgan fingerprint density at radius 2 is 1.95 bits per heavy atom. The number of nitrogens with two attached hydrogens (primary N) is 1. The quantitative estimate of drug-likeness (QED) is 0.811. The highest BCUT2D eigenvalue weighted by atomic mass is 35.5. The van der Waals surface area contributed by atoms with Crippen molar-refractivity contribution in [3.63, 3.8) is 0 Å². The third-order valence-corrected chi connectivity index (χ3v) is 3.53. The Kier molecular flexibility index (Phi) is 3.67. The predicted molar refractivity (Wildman–Crippen MR) is 72.9 cm³/mol. The molecule has 106 valence electrons. The summed E-state index contributed by atoms with van der Waals surface area (Å²) in [6.45, 7) is 1.59. The zero-order valence-corrected chi connectivity index (χ0v) is 11.6. The Labute approximate surface area is 120 Å². The second-order valence-corrected chi connectivity index (χ2v) is 5.17. The number of urea groups is 1. The molecule has 0 aliphatic carbocycles. The van der Waals surface area contributed by atoms with Gasteiger partial charge >= 0.3 is 6.03 Å². The molecule has 1 atom stereocenters. The van der Waals surface area contributed by atoms with Gasteiger partial charge in [-0.1, -0.05) is 23.7 Å². The van der Waals surface area contributed by atoms with E-state index in [1.165, 1.54) is 0 Å². The van der Waals surface area contributed by atoms with Crippen molar-refractivity contribution >= 4 is 29.4 Å². The van der Waals surface area contributed by atoms with E-state index in [4.69, 9.17) is 17.3 Å². The molecular formula is C13H14ClN3O3. The Balaban J connectivity index is 2.25. The van der Waals surface area contributed by atoms with Crippen molar-refractivity contribution < 1.29 is 14.4 Å². The highest BCUT2D eigenvalue weighted by molar-refractivity contribution is 6.30. The van der Waals surface area contributed by atoms with Gasteiger partial charge < -0.3 is 11.1 Å². The lowest BCUT2D eigenvalue weighted by Crippen LogP contribution is -2.41. The van der Waals surface area contributed by atoms with E-state index in [2.05, 4.69) is 5.32 Å². The van der Waals surface area contributed by atoms with Gasteiger partial charge in [0.25, 0.3) is 5.91 Å². The average Bonchev–Trinajstić information content (AvgIpc) is 2.59. The maximum Gasteiger partial charge on any atom is 0.325 e. The van der Waals surface area contributed by atoms with E-state index in [0.29, 0.717) is 10.6 Å². The van der Waals surface area contributed by atoms with Gasteiger partial charge in [0.05, 0.1) is 0 Å². The normalized spacial score (nSPS) is 22.0. The molecule has 1 fully saturated rings. The van der Waals surface area contributed by atoms with Crippen LogP contribution in [0.3, 0.4) is 0 Å². The molecule has 0 spiro atoms. The lowest BCUT2D eigenvalue weighted by molar-refractivity contribution is -0.131. The van der Waals surface area contributed by atoms with Gasteiger partial charge in [-0.05, 0) is 24.6 Å². The van der Waals surface area contributed by atoms with E-state index >= 15 is 0 Å². The molecule has 20 heavy (non-hydrogen) atoms. The maximum atomic E-state index is 12.4. The molecule has 1 aliphatic heterocycles. The van der Waals surface area contributed by atoms with Gasteiger partial charge in [-0.25, -0.2) is 4.79 Å². The van der Waals surface area contributed by atoms with Crippen LogP contribution in [0.1, 0.15) is 18.9 Å². The van der Waals surface area contributed by atoms with Crippen LogP contribution < -0.4 is 11.1 Å². The van der Waals surface area contributed by atoms with Crippen LogP contribution in [0.4, 0.5) is 4.79 Å². The highest BCUT2D eigenvalue weighted by Crippen LogP contribution is 2.29. The molecule has 6 nitrogen and oxygen atoms in total. The minimum Gasteiger partial charge on any atom is -0.370 e. The van der Waals surface area contributed by atoms with Gasteiger partial charge in [0.15, 0.2) is 0 Å². The number of hydrogen-bond donors (Lipinski definition) is 2. The number of nitrogens with zero attached hydrogens (tertiary/aromatic N) is 1. The van der Waals surface area contributed by atoms with E-state index in [-0.39, 0.29) is 13.0 Å². The number of nitrogens with one attached hydrogen (secondary N) is 1. The lowest BCUT2D eigenvalue weighted by Gasteiger charge is -2.22. The number of primary amides is 1. The summed E-state index contributed by atoms with van der Waals surface area (Å²) in [6, 6.07) is 6.12. The molecule has 1 aromatic carbocycles. The van der Waals surface area contributed by atoms with E-state index in [1.807, 2.05) is 0 Å². The highest BCUT2D eigenvalue weighted by Gasteiger charge is 2.48. The first kappa shape index (κ1) is 14.3. The summed E-state index contributed by atoms with van der Waals surface area (Å²) >= 11 is 5.81. The Bertz CT molecular complexity index is 573. The van der Waals surface area contributed by atoms with Crippen LogP contribution >= 0.6 is 11.6 Å². The molecule has 0 bridgehead atoms. The number of halogens is 1. The molecule has 0 saturated carbocycles. The largest absolute Gasteiger partial charge is 0.370 e. The number of carbonyl (C=O) groups is 3. The van der Waals surface area contributed by atoms with Gasteiger partial charge in [-0.2, -0.15) is 0 Å². The smallest absolute Gasteiger partial charge is 0.325 e. The van der Waals surface area contributed by atoms with E-state index < -0.39 is 23.4 Å². The SMILES string of the molecule is CC1(c2ccc(Cl)cc2)NC(=O)N(CCC(N)=O)C1=O. The lowest BCUT2D eigenvalue weighted by atomic mass is 9.92. The third kappa shape index (κ3) is 2.46. The summed E-state index contributed by atoms with van der Waals surface area (Å²) in [6.07, 6.45) is -0.0597. The molecule has 2 rings (SSSR count). The Hall–Kier alpha value is -2.08. The molecular weight excluding hydrogens is 282 g/mol. The van der Waals surface area contributed by atoms with Crippen LogP contribution in [0, 0.1) is 0 Å². The number of benzene rings is 1. The standard InChI is InChI=1S/C13H14ClN3O3/c1-13(8-2-4-9(14)5-3-8)11(19)17(12(20)16-13)7-6-10(15)18/h2-5H,6-7H2,1H3,(H2,15,18)(H,16,20). The van der Waals surface area contributed by atoms with Crippen LogP contribution in [-0.2, 0) is 15.1 Å². The topological polar surface area (TPSA) is 92.5 Å². The van der Waals surface area contributed by atoms with Crippen LogP contribution in [0.15, 0.2) is 24.3 Å². The zero-order chi connectivity index (χ0) is 14.9. The molecule has 1 unspecified atom stereocenters. The van der Waals surface area contributed by atoms with Crippen LogP contribution in [0.25, 0.3) is 0 Å². The fraction of sp³-hybridized carbons (Fsp3) is 0.308. The third-order valence-electron chi connectivity index (χ3n) is 3.28. The molecule has 1 aromatic rings. The second-order valence-electron chi connectivity index (χ2n) is 4.74. The summed E-state index contributed by atoms with van der Waals surface area (Å²) in [5, 5.41) is 3.17. The van der Waals surface area contributed by atoms with Crippen molar-refractivity contribution in [2.45, 2.75) is 18.9 Å². The molecule has 7 heteroatoms. The fourth-order valence-corrected chi connectivity index (χ4v) is 2.23. The van der Waals surface area contributed by atoms with Gasteiger partial charge in [-0.15, -0.1) is 0 Å². The molecule has 1 heterocycles. The van der Waals surface area contributed by atoms with Crippen molar-refractivity contribution in [3.05, 3.63) is 34.9 Å². The summed E-state index contributed by atoms with van der Waals surface area (Å²) in [4.78, 5) is 36.0. The summed E-state index contributed by atoms with van der Waals surface area (Å²) in [5.74, 6) is -0.975. The van der Waals surface area contributed by atoms with Gasteiger partial charge in [0.1, 0.15) is 5.54 Å². The van der Waals surface area contributed by atoms with Gasteiger partial charge in [0.2, 0.25) is 5.91 Å². The van der Waals surface area contributed by atoms with Crippen molar-refractivity contribution in [3.8, 4) is 0 Å². The first-order valence-electron chi connectivity index (χ1n) is 6.03. The van der Waals surface area contributed by atoms with E-state index in [1.54, 1.807) is 31.2 Å². The monoisotopic (exact) mass is 295 g/mol. The van der Waals surface area contributed by atoms with Crippen molar-refractivity contribution in [1.82, 2.24) is 10.2 Å².